The van der Waals surface area contributed by atoms with Crippen LogP contribution >= 0.6 is 11.8 Å². The first-order valence-corrected chi connectivity index (χ1v) is 12.7. The number of carbonyl (C=O) groups is 1. The summed E-state index contributed by atoms with van der Waals surface area (Å²) in [7, 11) is -2.24. The Morgan fingerprint density at radius 2 is 1.90 bits per heavy atom. The Balaban J connectivity index is 1.83. The van der Waals surface area contributed by atoms with Crippen LogP contribution in [0.5, 0.6) is 5.75 Å². The van der Waals surface area contributed by atoms with Crippen LogP contribution in [0, 0.1) is 5.92 Å². The molecule has 6 nitrogen and oxygen atoms in total. The summed E-state index contributed by atoms with van der Waals surface area (Å²) < 4.78 is 33.7. The van der Waals surface area contributed by atoms with Gasteiger partial charge in [-0.2, -0.15) is 0 Å². The van der Waals surface area contributed by atoms with E-state index in [4.69, 9.17) is 4.74 Å². The Morgan fingerprint density at radius 3 is 2.57 bits per heavy atom. The lowest BCUT2D eigenvalue weighted by Gasteiger charge is -2.30. The molecule has 0 saturated carbocycles. The monoisotopic (exact) mass is 448 g/mol. The first-order chi connectivity index (χ1) is 14.4. The van der Waals surface area contributed by atoms with Gasteiger partial charge in [0.05, 0.1) is 17.6 Å². The molecule has 1 fully saturated rings. The van der Waals surface area contributed by atoms with E-state index in [1.54, 1.807) is 25.3 Å². The van der Waals surface area contributed by atoms with E-state index >= 15 is 0 Å². The minimum absolute atomic E-state index is 0.0870. The molecule has 0 unspecified atom stereocenters. The fourth-order valence-electron chi connectivity index (χ4n) is 3.51. The van der Waals surface area contributed by atoms with Crippen LogP contribution in [0.2, 0.25) is 0 Å². The number of nitrogens with one attached hydrogen (secondary N) is 1. The van der Waals surface area contributed by atoms with Crippen LogP contribution in [0.3, 0.4) is 0 Å². The number of hydrogen-bond acceptors (Lipinski definition) is 5. The summed E-state index contributed by atoms with van der Waals surface area (Å²) in [6, 6.07) is 12.0. The van der Waals surface area contributed by atoms with Crippen molar-refractivity contribution >= 4 is 27.7 Å². The van der Waals surface area contributed by atoms with E-state index in [2.05, 4.69) is 11.6 Å². The van der Waals surface area contributed by atoms with E-state index in [0.29, 0.717) is 30.3 Å². The minimum atomic E-state index is -3.79. The minimum Gasteiger partial charge on any atom is -0.496 e. The number of sulfonamides is 1. The second kappa shape index (κ2) is 9.85. The average Bonchev–Trinajstić information content (AvgIpc) is 2.77. The number of para-hydroxylation sites is 1. The van der Waals surface area contributed by atoms with Gasteiger partial charge in [0.2, 0.25) is 10.0 Å². The molecular weight excluding hydrogens is 420 g/mol. The Labute approximate surface area is 183 Å². The Hall–Kier alpha value is -2.03. The summed E-state index contributed by atoms with van der Waals surface area (Å²) in [5.41, 5.74) is 1.18. The second-order valence-electron chi connectivity index (χ2n) is 7.47. The lowest BCUT2D eigenvalue weighted by Crippen LogP contribution is -2.38. The van der Waals surface area contributed by atoms with Gasteiger partial charge in [0, 0.05) is 30.1 Å². The number of likely N-dealkylation sites (tertiary alicyclic amines) is 1. The van der Waals surface area contributed by atoms with Crippen LogP contribution in [-0.2, 0) is 16.6 Å². The molecule has 0 spiro atoms. The predicted molar refractivity (Wildman–Crippen MR) is 120 cm³/mol. The summed E-state index contributed by atoms with van der Waals surface area (Å²) in [5.74, 6) is 1.13. The van der Waals surface area contributed by atoms with Crippen molar-refractivity contribution < 1.29 is 17.9 Å². The molecular formula is C22H28N2O4S2. The molecule has 0 bridgehead atoms. The lowest BCUT2D eigenvalue weighted by atomic mass is 9.98. The van der Waals surface area contributed by atoms with Gasteiger partial charge in [-0.3, -0.25) is 4.79 Å². The summed E-state index contributed by atoms with van der Waals surface area (Å²) >= 11 is 1.44. The molecule has 1 heterocycles. The number of thioether (sulfide) groups is 1. The number of hydrogen-bond donors (Lipinski definition) is 1. The SMILES string of the molecule is COc1ccccc1CNS(=O)(=O)c1ccc(SC)c(C(=O)N2CCC(C)CC2)c1. The number of amides is 1. The molecule has 1 N–H and O–H groups in total. The summed E-state index contributed by atoms with van der Waals surface area (Å²) in [5, 5.41) is 0. The smallest absolute Gasteiger partial charge is 0.255 e. The summed E-state index contributed by atoms with van der Waals surface area (Å²) in [6.45, 7) is 3.70. The lowest BCUT2D eigenvalue weighted by molar-refractivity contribution is 0.0693. The van der Waals surface area contributed by atoms with Crippen molar-refractivity contribution in [3.63, 3.8) is 0 Å². The molecule has 0 atom stereocenters. The van der Waals surface area contributed by atoms with E-state index in [9.17, 15) is 13.2 Å². The second-order valence-corrected chi connectivity index (χ2v) is 10.1. The van der Waals surface area contributed by atoms with Gasteiger partial charge in [-0.05, 0) is 49.3 Å². The van der Waals surface area contributed by atoms with Crippen molar-refractivity contribution in [1.29, 1.82) is 0 Å². The largest absolute Gasteiger partial charge is 0.496 e. The third-order valence-electron chi connectivity index (χ3n) is 5.43. The first kappa shape index (κ1) is 22.7. The molecule has 30 heavy (non-hydrogen) atoms. The van der Waals surface area contributed by atoms with Crippen molar-refractivity contribution in [2.45, 2.75) is 36.1 Å². The maximum atomic E-state index is 13.1. The molecule has 1 aliphatic rings. The highest BCUT2D eigenvalue weighted by Gasteiger charge is 2.25. The van der Waals surface area contributed by atoms with E-state index < -0.39 is 10.0 Å². The Kier molecular flexibility index (Phi) is 7.44. The fourth-order valence-corrected chi connectivity index (χ4v) is 5.11. The molecule has 1 aliphatic heterocycles. The zero-order valence-electron chi connectivity index (χ0n) is 17.6. The van der Waals surface area contributed by atoms with Crippen molar-refractivity contribution in [3.8, 4) is 5.75 Å². The normalized spacial score (nSPS) is 15.2. The van der Waals surface area contributed by atoms with Gasteiger partial charge < -0.3 is 9.64 Å². The molecule has 2 aromatic carbocycles. The first-order valence-electron chi connectivity index (χ1n) is 9.94. The van der Waals surface area contributed by atoms with Crippen LogP contribution in [0.25, 0.3) is 0 Å². The van der Waals surface area contributed by atoms with Crippen LogP contribution in [0.1, 0.15) is 35.7 Å². The maximum absolute atomic E-state index is 13.1. The van der Waals surface area contributed by atoms with Crippen LogP contribution < -0.4 is 9.46 Å². The molecule has 0 aromatic heterocycles. The highest BCUT2D eigenvalue weighted by molar-refractivity contribution is 7.98. The molecule has 3 rings (SSSR count). The van der Waals surface area contributed by atoms with Crippen LogP contribution in [0.15, 0.2) is 52.3 Å². The number of piperidine rings is 1. The molecule has 0 radical (unpaired) electrons. The van der Waals surface area contributed by atoms with E-state index in [-0.39, 0.29) is 17.3 Å². The topological polar surface area (TPSA) is 75.7 Å². The zero-order valence-corrected chi connectivity index (χ0v) is 19.2. The maximum Gasteiger partial charge on any atom is 0.255 e. The van der Waals surface area contributed by atoms with Gasteiger partial charge >= 0.3 is 0 Å². The number of ether oxygens (including phenoxy) is 1. The number of rotatable bonds is 7. The number of methoxy groups -OCH3 is 1. The Bertz CT molecular complexity index is 1000. The number of benzene rings is 2. The van der Waals surface area contributed by atoms with Crippen molar-refractivity contribution in [2.75, 3.05) is 26.5 Å². The van der Waals surface area contributed by atoms with Gasteiger partial charge in [0.1, 0.15) is 5.75 Å². The van der Waals surface area contributed by atoms with Gasteiger partial charge in [0.15, 0.2) is 0 Å². The van der Waals surface area contributed by atoms with Gasteiger partial charge in [0.25, 0.3) is 5.91 Å². The van der Waals surface area contributed by atoms with Gasteiger partial charge in [-0.1, -0.05) is 25.1 Å². The van der Waals surface area contributed by atoms with E-state index in [1.807, 2.05) is 29.4 Å². The molecule has 1 amide bonds. The van der Waals surface area contributed by atoms with E-state index in [1.165, 1.54) is 17.8 Å². The highest BCUT2D eigenvalue weighted by atomic mass is 32.2. The van der Waals surface area contributed by atoms with Crippen molar-refractivity contribution in [3.05, 3.63) is 53.6 Å². The predicted octanol–water partition coefficient (Wildman–Crippen LogP) is 3.77. The molecule has 0 aliphatic carbocycles. The molecule has 2 aromatic rings. The quantitative estimate of drug-likeness (QED) is 0.653. The summed E-state index contributed by atoms with van der Waals surface area (Å²) in [6.07, 6.45) is 3.83. The number of nitrogens with zero attached hydrogens (tertiary/aromatic N) is 1. The third-order valence-corrected chi connectivity index (χ3v) is 7.62. The van der Waals surface area contributed by atoms with Crippen LogP contribution in [-0.4, -0.2) is 45.7 Å². The average molecular weight is 449 g/mol. The standard InChI is InChI=1S/C22H28N2O4S2/c1-16-10-12-24(13-11-16)22(25)19-14-18(8-9-21(19)29-3)30(26,27)23-15-17-6-4-5-7-20(17)28-2/h4-9,14,16,23H,10-13,15H2,1-3H3. The molecule has 1 saturated heterocycles. The van der Waals surface area contributed by atoms with Crippen LogP contribution in [0.4, 0.5) is 0 Å². The highest BCUT2D eigenvalue weighted by Crippen LogP contribution is 2.27. The zero-order chi connectivity index (χ0) is 21.7. The summed E-state index contributed by atoms with van der Waals surface area (Å²) in [4.78, 5) is 15.8. The number of carbonyl (C=O) groups excluding carboxylic acids is 1. The van der Waals surface area contributed by atoms with Crippen molar-refractivity contribution in [1.82, 2.24) is 9.62 Å². The molecule has 162 valence electrons. The van der Waals surface area contributed by atoms with Gasteiger partial charge in [-0.25, -0.2) is 13.1 Å². The Morgan fingerprint density at radius 1 is 1.20 bits per heavy atom. The van der Waals surface area contributed by atoms with Crippen molar-refractivity contribution in [2.24, 2.45) is 5.92 Å². The molecule has 8 heteroatoms. The third kappa shape index (κ3) is 5.17. The fraction of sp³-hybridized carbons (Fsp3) is 0.409. The van der Waals surface area contributed by atoms with E-state index in [0.717, 1.165) is 23.3 Å². The van der Waals surface area contributed by atoms with Gasteiger partial charge in [-0.15, -0.1) is 11.8 Å².